The second kappa shape index (κ2) is 7.06. The second-order valence-electron chi connectivity index (χ2n) is 6.25. The van der Waals surface area contributed by atoms with Gasteiger partial charge in [-0.2, -0.15) is 5.01 Å². The zero-order valence-corrected chi connectivity index (χ0v) is 14.7. The Morgan fingerprint density at radius 1 is 1.15 bits per heavy atom. The van der Waals surface area contributed by atoms with Crippen molar-refractivity contribution in [1.29, 1.82) is 0 Å². The monoisotopic (exact) mass is 371 g/mol. The van der Waals surface area contributed by atoms with Crippen LogP contribution >= 0.6 is 0 Å². The van der Waals surface area contributed by atoms with E-state index in [4.69, 9.17) is 4.74 Å². The van der Waals surface area contributed by atoms with Gasteiger partial charge in [0.1, 0.15) is 17.1 Å². The van der Waals surface area contributed by atoms with E-state index in [1.807, 2.05) is 0 Å². The van der Waals surface area contributed by atoms with Crippen LogP contribution in [0, 0.1) is 5.82 Å². The van der Waals surface area contributed by atoms with Gasteiger partial charge in [0.2, 0.25) is 0 Å². The van der Waals surface area contributed by atoms with Crippen LogP contribution in [0.2, 0.25) is 0 Å². The molecule has 2 aromatic rings. The van der Waals surface area contributed by atoms with Crippen molar-refractivity contribution >= 4 is 17.8 Å². The minimum atomic E-state index is -1.29. The molecular formula is C19H18FN3O4. The minimum Gasteiger partial charge on any atom is -0.481 e. The Bertz CT molecular complexity index is 872. The molecule has 140 valence electrons. The summed E-state index contributed by atoms with van der Waals surface area (Å²) in [6.07, 6.45) is -1.01. The molecule has 1 saturated heterocycles. The lowest BCUT2D eigenvalue weighted by Gasteiger charge is -2.22. The van der Waals surface area contributed by atoms with Crippen molar-refractivity contribution in [2.75, 3.05) is 0 Å². The summed E-state index contributed by atoms with van der Waals surface area (Å²) < 4.78 is 18.3. The van der Waals surface area contributed by atoms with Gasteiger partial charge in [0, 0.05) is 0 Å². The fourth-order valence-electron chi connectivity index (χ4n) is 2.68. The summed E-state index contributed by atoms with van der Waals surface area (Å²) in [5, 5.41) is 3.23. The Balaban J connectivity index is 1.69. The lowest BCUT2D eigenvalue weighted by atomic mass is 9.92. The number of ether oxygens (including phenoxy) is 1. The van der Waals surface area contributed by atoms with Gasteiger partial charge in [-0.05, 0) is 43.7 Å². The Morgan fingerprint density at radius 3 is 2.41 bits per heavy atom. The van der Waals surface area contributed by atoms with Crippen molar-refractivity contribution in [2.24, 2.45) is 0 Å². The predicted octanol–water partition coefficient (Wildman–Crippen LogP) is 2.09. The van der Waals surface area contributed by atoms with Gasteiger partial charge in [-0.15, -0.1) is 0 Å². The molecule has 0 aliphatic carbocycles. The van der Waals surface area contributed by atoms with Crippen molar-refractivity contribution in [3.63, 3.8) is 0 Å². The van der Waals surface area contributed by atoms with Crippen LogP contribution in [0.5, 0.6) is 5.75 Å². The fourth-order valence-corrected chi connectivity index (χ4v) is 2.68. The Kier molecular flexibility index (Phi) is 4.81. The number of carbonyl (C=O) groups excluding carboxylic acids is 3. The molecule has 2 unspecified atom stereocenters. The third-order valence-corrected chi connectivity index (χ3v) is 4.26. The Hall–Kier alpha value is -3.42. The fraction of sp³-hybridized carbons (Fsp3) is 0.211. The molecular weight excluding hydrogens is 353 g/mol. The molecule has 0 bridgehead atoms. The van der Waals surface area contributed by atoms with E-state index in [1.54, 1.807) is 37.3 Å². The number of halogens is 1. The number of amides is 4. The average Bonchev–Trinajstić information content (AvgIpc) is 2.88. The van der Waals surface area contributed by atoms with Crippen LogP contribution < -0.4 is 15.5 Å². The summed E-state index contributed by atoms with van der Waals surface area (Å²) in [7, 11) is 0. The number of urea groups is 1. The van der Waals surface area contributed by atoms with Gasteiger partial charge in [0.15, 0.2) is 6.10 Å². The summed E-state index contributed by atoms with van der Waals surface area (Å²) in [5.41, 5.74) is 1.58. The van der Waals surface area contributed by atoms with E-state index in [9.17, 15) is 18.8 Å². The van der Waals surface area contributed by atoms with Crippen LogP contribution in [0.4, 0.5) is 9.18 Å². The first-order valence-electron chi connectivity index (χ1n) is 8.26. The predicted molar refractivity (Wildman–Crippen MR) is 93.8 cm³/mol. The maximum Gasteiger partial charge on any atom is 0.344 e. The number of carbonyl (C=O) groups is 3. The number of rotatable bonds is 5. The molecule has 1 fully saturated rings. The molecule has 1 aliphatic heterocycles. The first-order valence-corrected chi connectivity index (χ1v) is 8.26. The smallest absolute Gasteiger partial charge is 0.344 e. The summed E-state index contributed by atoms with van der Waals surface area (Å²) in [6.45, 7) is 3.01. The number of imide groups is 1. The molecule has 2 aromatic carbocycles. The molecule has 3 rings (SSSR count). The zero-order valence-electron chi connectivity index (χ0n) is 14.7. The van der Waals surface area contributed by atoms with Gasteiger partial charge < -0.3 is 10.1 Å². The Morgan fingerprint density at radius 2 is 1.78 bits per heavy atom. The number of nitrogens with one attached hydrogen (secondary N) is 2. The molecule has 27 heavy (non-hydrogen) atoms. The molecule has 1 aliphatic rings. The zero-order chi connectivity index (χ0) is 19.6. The van der Waals surface area contributed by atoms with Crippen molar-refractivity contribution in [3.8, 4) is 5.75 Å². The first kappa shape index (κ1) is 18.4. The molecule has 2 N–H and O–H groups in total. The van der Waals surface area contributed by atoms with E-state index >= 15 is 0 Å². The largest absolute Gasteiger partial charge is 0.481 e. The van der Waals surface area contributed by atoms with Gasteiger partial charge >= 0.3 is 6.03 Å². The third-order valence-electron chi connectivity index (χ3n) is 4.26. The highest BCUT2D eigenvalue weighted by Crippen LogP contribution is 2.27. The molecule has 0 spiro atoms. The number of benzene rings is 2. The van der Waals surface area contributed by atoms with E-state index in [-0.39, 0.29) is 5.75 Å². The van der Waals surface area contributed by atoms with Crippen LogP contribution in [0.25, 0.3) is 0 Å². The number of hydrogen-bond donors (Lipinski definition) is 2. The summed E-state index contributed by atoms with van der Waals surface area (Å²) in [6, 6.07) is 13.1. The minimum absolute atomic E-state index is 0.283. The molecule has 8 heteroatoms. The maximum absolute atomic E-state index is 12.9. The summed E-state index contributed by atoms with van der Waals surface area (Å²) in [5.74, 6) is -1.45. The molecule has 0 saturated carbocycles. The van der Waals surface area contributed by atoms with Crippen LogP contribution in [-0.4, -0.2) is 29.0 Å². The normalized spacial score (nSPS) is 20.2. The van der Waals surface area contributed by atoms with Crippen molar-refractivity contribution in [3.05, 3.63) is 66.0 Å². The van der Waals surface area contributed by atoms with Gasteiger partial charge in [-0.1, -0.05) is 30.3 Å². The SMILES string of the molecule is CC(Oc1ccc(F)cc1)C(=O)NN1C(=O)NC(C)(c2ccccc2)C1=O. The van der Waals surface area contributed by atoms with Crippen molar-refractivity contribution in [2.45, 2.75) is 25.5 Å². The van der Waals surface area contributed by atoms with E-state index in [2.05, 4.69) is 10.7 Å². The Labute approximate surface area is 155 Å². The topological polar surface area (TPSA) is 87.7 Å². The molecule has 4 amide bonds. The van der Waals surface area contributed by atoms with E-state index in [0.29, 0.717) is 10.6 Å². The van der Waals surface area contributed by atoms with Gasteiger partial charge in [0.25, 0.3) is 11.8 Å². The highest BCUT2D eigenvalue weighted by molar-refractivity contribution is 6.08. The van der Waals surface area contributed by atoms with Crippen LogP contribution in [-0.2, 0) is 15.1 Å². The highest BCUT2D eigenvalue weighted by atomic mass is 19.1. The second-order valence-corrected chi connectivity index (χ2v) is 6.25. The van der Waals surface area contributed by atoms with Gasteiger partial charge in [0.05, 0.1) is 0 Å². The van der Waals surface area contributed by atoms with Crippen molar-refractivity contribution < 1.29 is 23.5 Å². The third kappa shape index (κ3) is 3.59. The van der Waals surface area contributed by atoms with E-state index in [1.165, 1.54) is 31.2 Å². The van der Waals surface area contributed by atoms with Crippen LogP contribution in [0.1, 0.15) is 19.4 Å². The quantitative estimate of drug-likeness (QED) is 0.788. The van der Waals surface area contributed by atoms with Gasteiger partial charge in [-0.25, -0.2) is 9.18 Å². The number of nitrogens with zero attached hydrogens (tertiary/aromatic N) is 1. The van der Waals surface area contributed by atoms with Crippen LogP contribution in [0.3, 0.4) is 0 Å². The lowest BCUT2D eigenvalue weighted by molar-refractivity contribution is -0.141. The van der Waals surface area contributed by atoms with Crippen molar-refractivity contribution in [1.82, 2.24) is 15.8 Å². The van der Waals surface area contributed by atoms with Gasteiger partial charge in [-0.3, -0.25) is 15.0 Å². The maximum atomic E-state index is 12.9. The summed E-state index contributed by atoms with van der Waals surface area (Å²) in [4.78, 5) is 37.3. The molecule has 0 radical (unpaired) electrons. The van der Waals surface area contributed by atoms with Crippen LogP contribution in [0.15, 0.2) is 54.6 Å². The number of hydrazine groups is 1. The molecule has 7 nitrogen and oxygen atoms in total. The molecule has 1 heterocycles. The van der Waals surface area contributed by atoms with E-state index < -0.39 is 35.3 Å². The first-order chi connectivity index (χ1) is 12.8. The molecule has 2 atom stereocenters. The number of hydrogen-bond acceptors (Lipinski definition) is 4. The standard InChI is InChI=1S/C19H18FN3O4/c1-12(27-15-10-8-14(20)9-11-15)16(24)22-23-17(25)19(2,21-18(23)26)13-6-4-3-5-7-13/h3-12H,1-2H3,(H,21,26)(H,22,24). The van der Waals surface area contributed by atoms with E-state index in [0.717, 1.165) is 0 Å². The summed E-state index contributed by atoms with van der Waals surface area (Å²) >= 11 is 0. The average molecular weight is 371 g/mol. The lowest BCUT2D eigenvalue weighted by Crippen LogP contribution is -2.51. The highest BCUT2D eigenvalue weighted by Gasteiger charge is 2.50. The molecule has 0 aromatic heterocycles.